The van der Waals surface area contributed by atoms with E-state index in [0.29, 0.717) is 24.2 Å². The molecule has 0 saturated carbocycles. The molecule has 7 nitrogen and oxygen atoms in total. The van der Waals surface area contributed by atoms with Crippen molar-refractivity contribution in [3.05, 3.63) is 65.5 Å². The van der Waals surface area contributed by atoms with Gasteiger partial charge in [0, 0.05) is 11.9 Å². The SMILES string of the molecule is COc1cccc2c(NCc3ccccc3)nc(-n3c(N)nc4c3CCC4)nc12. The number of nitrogens with one attached hydrogen (secondary N) is 1. The lowest BCUT2D eigenvalue weighted by Crippen LogP contribution is -2.11. The lowest BCUT2D eigenvalue weighted by atomic mass is 10.2. The molecule has 0 amide bonds. The summed E-state index contributed by atoms with van der Waals surface area (Å²) < 4.78 is 7.44. The minimum absolute atomic E-state index is 0.429. The molecule has 0 radical (unpaired) electrons. The zero-order valence-electron chi connectivity index (χ0n) is 16.2. The van der Waals surface area contributed by atoms with Crippen molar-refractivity contribution in [1.29, 1.82) is 0 Å². The van der Waals surface area contributed by atoms with Crippen LogP contribution in [0.5, 0.6) is 5.75 Å². The second kappa shape index (κ2) is 7.09. The number of ether oxygens (including phenoxy) is 1. The van der Waals surface area contributed by atoms with E-state index in [-0.39, 0.29) is 0 Å². The molecule has 7 heteroatoms. The summed E-state index contributed by atoms with van der Waals surface area (Å²) in [6, 6.07) is 16.1. The highest BCUT2D eigenvalue weighted by Gasteiger charge is 2.24. The number of rotatable bonds is 5. The molecule has 0 fully saturated rings. The van der Waals surface area contributed by atoms with E-state index in [1.807, 2.05) is 41.0 Å². The van der Waals surface area contributed by atoms with Crippen LogP contribution in [0.3, 0.4) is 0 Å². The molecule has 0 saturated heterocycles. The largest absolute Gasteiger partial charge is 0.494 e. The van der Waals surface area contributed by atoms with Crippen molar-refractivity contribution < 1.29 is 4.74 Å². The number of imidazole rings is 1. The normalized spacial score (nSPS) is 12.9. The zero-order valence-corrected chi connectivity index (χ0v) is 16.2. The standard InChI is InChI=1S/C22H22N6O/c1-29-18-12-5-9-15-19(18)26-22(28-17-11-6-10-16(17)25-21(28)23)27-20(15)24-13-14-7-3-2-4-8-14/h2-5,7-9,12H,6,10-11,13H2,1H3,(H2,23,25)(H,24,26,27). The van der Waals surface area contributed by atoms with Gasteiger partial charge in [-0.2, -0.15) is 4.98 Å². The molecule has 0 spiro atoms. The Morgan fingerprint density at radius 3 is 2.72 bits per heavy atom. The molecule has 1 aliphatic rings. The summed E-state index contributed by atoms with van der Waals surface area (Å²) in [4.78, 5) is 14.2. The van der Waals surface area contributed by atoms with Gasteiger partial charge in [-0.3, -0.25) is 4.57 Å². The molecule has 29 heavy (non-hydrogen) atoms. The summed E-state index contributed by atoms with van der Waals surface area (Å²) >= 11 is 0. The number of hydrogen-bond acceptors (Lipinski definition) is 6. The number of nitrogen functional groups attached to an aromatic ring is 1. The van der Waals surface area contributed by atoms with E-state index in [0.717, 1.165) is 47.4 Å². The Balaban J connectivity index is 1.65. The minimum atomic E-state index is 0.429. The van der Waals surface area contributed by atoms with Gasteiger partial charge < -0.3 is 15.8 Å². The van der Waals surface area contributed by atoms with Gasteiger partial charge in [0.15, 0.2) is 0 Å². The predicted octanol–water partition coefficient (Wildman–Crippen LogP) is 3.51. The van der Waals surface area contributed by atoms with Crippen molar-refractivity contribution in [2.24, 2.45) is 0 Å². The Bertz CT molecular complexity index is 1190. The number of aryl methyl sites for hydroxylation is 1. The fraction of sp³-hybridized carbons (Fsp3) is 0.227. The van der Waals surface area contributed by atoms with E-state index in [4.69, 9.17) is 20.4 Å². The first-order valence-corrected chi connectivity index (χ1v) is 9.73. The number of para-hydroxylation sites is 1. The maximum Gasteiger partial charge on any atom is 0.239 e. The Morgan fingerprint density at radius 1 is 1.03 bits per heavy atom. The number of hydrogen-bond donors (Lipinski definition) is 2. The Hall–Kier alpha value is -3.61. The molecular formula is C22H22N6O. The molecule has 2 aromatic carbocycles. The van der Waals surface area contributed by atoms with Crippen LogP contribution < -0.4 is 15.8 Å². The van der Waals surface area contributed by atoms with Gasteiger partial charge in [0.2, 0.25) is 11.9 Å². The average Bonchev–Trinajstić information content (AvgIpc) is 3.32. The molecule has 3 N–H and O–H groups in total. The van der Waals surface area contributed by atoms with Crippen molar-refractivity contribution in [2.45, 2.75) is 25.8 Å². The van der Waals surface area contributed by atoms with Crippen molar-refractivity contribution in [1.82, 2.24) is 19.5 Å². The number of methoxy groups -OCH3 is 1. The molecule has 0 atom stereocenters. The monoisotopic (exact) mass is 386 g/mol. The van der Waals surface area contributed by atoms with Crippen LogP contribution in [-0.2, 0) is 19.4 Å². The van der Waals surface area contributed by atoms with Crippen molar-refractivity contribution in [3.63, 3.8) is 0 Å². The molecule has 2 heterocycles. The van der Waals surface area contributed by atoms with Gasteiger partial charge in [-0.05, 0) is 37.0 Å². The predicted molar refractivity (Wildman–Crippen MR) is 113 cm³/mol. The number of aromatic nitrogens is 4. The van der Waals surface area contributed by atoms with E-state index < -0.39 is 0 Å². The highest BCUT2D eigenvalue weighted by atomic mass is 16.5. The third kappa shape index (κ3) is 3.04. The first kappa shape index (κ1) is 17.5. The Morgan fingerprint density at radius 2 is 1.90 bits per heavy atom. The number of nitrogens with two attached hydrogens (primary N) is 1. The molecule has 0 unspecified atom stereocenters. The molecule has 146 valence electrons. The van der Waals surface area contributed by atoms with E-state index in [9.17, 15) is 0 Å². The number of fused-ring (bicyclic) bond motifs is 2. The fourth-order valence-corrected chi connectivity index (χ4v) is 3.92. The van der Waals surface area contributed by atoms with E-state index >= 15 is 0 Å². The van der Waals surface area contributed by atoms with E-state index in [1.165, 1.54) is 5.56 Å². The maximum atomic E-state index is 6.23. The average molecular weight is 386 g/mol. The fourth-order valence-electron chi connectivity index (χ4n) is 3.92. The molecule has 2 aromatic heterocycles. The van der Waals surface area contributed by atoms with E-state index in [1.54, 1.807) is 7.11 Å². The zero-order chi connectivity index (χ0) is 19.8. The summed E-state index contributed by atoms with van der Waals surface area (Å²) in [5.41, 5.74) is 10.3. The summed E-state index contributed by atoms with van der Waals surface area (Å²) in [6.07, 6.45) is 2.95. The molecule has 5 rings (SSSR count). The summed E-state index contributed by atoms with van der Waals surface area (Å²) in [5, 5.41) is 4.37. The second-order valence-electron chi connectivity index (χ2n) is 7.12. The van der Waals surface area contributed by atoms with Crippen molar-refractivity contribution in [3.8, 4) is 11.7 Å². The van der Waals surface area contributed by atoms with Gasteiger partial charge in [0.25, 0.3) is 0 Å². The molecular weight excluding hydrogens is 364 g/mol. The van der Waals surface area contributed by atoms with Gasteiger partial charge in [-0.1, -0.05) is 36.4 Å². The molecule has 4 aromatic rings. The smallest absolute Gasteiger partial charge is 0.239 e. The van der Waals surface area contributed by atoms with Crippen LogP contribution in [0.1, 0.15) is 23.4 Å². The summed E-state index contributed by atoms with van der Waals surface area (Å²) in [7, 11) is 1.65. The Labute approximate surface area is 168 Å². The minimum Gasteiger partial charge on any atom is -0.494 e. The third-order valence-corrected chi connectivity index (χ3v) is 5.31. The van der Waals surface area contributed by atoms with Crippen LogP contribution in [0.2, 0.25) is 0 Å². The quantitative estimate of drug-likeness (QED) is 0.545. The summed E-state index contributed by atoms with van der Waals surface area (Å²) in [6.45, 7) is 0.654. The second-order valence-corrected chi connectivity index (χ2v) is 7.12. The first-order chi connectivity index (χ1) is 14.2. The highest BCUT2D eigenvalue weighted by molar-refractivity contribution is 5.93. The highest BCUT2D eigenvalue weighted by Crippen LogP contribution is 2.32. The van der Waals surface area contributed by atoms with Crippen LogP contribution in [0.4, 0.5) is 11.8 Å². The van der Waals surface area contributed by atoms with Crippen molar-refractivity contribution >= 4 is 22.7 Å². The van der Waals surface area contributed by atoms with Gasteiger partial charge in [0.1, 0.15) is 17.1 Å². The molecule has 0 aliphatic heterocycles. The van der Waals surface area contributed by atoms with E-state index in [2.05, 4.69) is 22.4 Å². The number of anilines is 2. The van der Waals surface area contributed by atoms with Crippen molar-refractivity contribution in [2.75, 3.05) is 18.2 Å². The lowest BCUT2D eigenvalue weighted by Gasteiger charge is -2.14. The summed E-state index contributed by atoms with van der Waals surface area (Å²) in [5.74, 6) is 2.39. The number of nitrogens with zero attached hydrogens (tertiary/aromatic N) is 4. The van der Waals surface area contributed by atoms with Crippen LogP contribution >= 0.6 is 0 Å². The van der Waals surface area contributed by atoms with Gasteiger partial charge in [0.05, 0.1) is 18.5 Å². The van der Waals surface area contributed by atoms with Crippen LogP contribution in [0.25, 0.3) is 16.9 Å². The molecule has 0 bridgehead atoms. The van der Waals surface area contributed by atoms with Gasteiger partial charge >= 0.3 is 0 Å². The van der Waals surface area contributed by atoms with Gasteiger partial charge in [-0.25, -0.2) is 9.97 Å². The first-order valence-electron chi connectivity index (χ1n) is 9.73. The third-order valence-electron chi connectivity index (χ3n) is 5.31. The topological polar surface area (TPSA) is 90.9 Å². The van der Waals surface area contributed by atoms with Crippen LogP contribution in [-0.4, -0.2) is 26.6 Å². The van der Waals surface area contributed by atoms with Crippen LogP contribution in [0.15, 0.2) is 48.5 Å². The van der Waals surface area contributed by atoms with Crippen LogP contribution in [0, 0.1) is 0 Å². The lowest BCUT2D eigenvalue weighted by molar-refractivity contribution is 0.419. The Kier molecular flexibility index (Phi) is 4.27. The number of benzene rings is 2. The maximum absolute atomic E-state index is 6.23. The molecule has 1 aliphatic carbocycles. The van der Waals surface area contributed by atoms with Gasteiger partial charge in [-0.15, -0.1) is 0 Å².